The van der Waals surface area contributed by atoms with Gasteiger partial charge in [-0.15, -0.1) is 0 Å². The van der Waals surface area contributed by atoms with E-state index in [0.29, 0.717) is 13.0 Å². The molecule has 128 valence electrons. The molecule has 1 saturated heterocycles. The van der Waals surface area contributed by atoms with Gasteiger partial charge in [0.25, 0.3) is 0 Å². The molecule has 1 fully saturated rings. The fourth-order valence-corrected chi connectivity index (χ4v) is 3.06. The summed E-state index contributed by atoms with van der Waals surface area (Å²) in [4.78, 5) is 26.0. The number of carboxylic acids is 1. The minimum Gasteiger partial charge on any atom is -0.479 e. The van der Waals surface area contributed by atoms with Gasteiger partial charge in [0.05, 0.1) is 12.2 Å². The monoisotopic (exact) mass is 315 g/mol. The van der Waals surface area contributed by atoms with Gasteiger partial charge in [-0.3, -0.25) is 4.90 Å². The number of ether oxygens (including phenoxy) is 2. The Hall–Kier alpha value is -1.30. The maximum Gasteiger partial charge on any atom is 0.411 e. The number of aliphatic carboxylic acids is 1. The average Bonchev–Trinajstić information content (AvgIpc) is 2.31. The van der Waals surface area contributed by atoms with Crippen molar-refractivity contribution in [1.29, 1.82) is 0 Å². The topological polar surface area (TPSA) is 76.1 Å². The predicted octanol–water partition coefficient (Wildman–Crippen LogP) is 3.04. The molecule has 2 unspecified atom stereocenters. The van der Waals surface area contributed by atoms with E-state index in [2.05, 4.69) is 0 Å². The van der Waals surface area contributed by atoms with Gasteiger partial charge < -0.3 is 14.6 Å². The fraction of sp³-hybridized carbons (Fsp3) is 0.875. The first kappa shape index (κ1) is 18.7. The molecule has 1 aliphatic rings. The zero-order chi connectivity index (χ0) is 17.1. The van der Waals surface area contributed by atoms with Crippen molar-refractivity contribution in [2.75, 3.05) is 6.54 Å². The fourth-order valence-electron chi connectivity index (χ4n) is 3.06. The number of carbonyl (C=O) groups is 2. The van der Waals surface area contributed by atoms with Gasteiger partial charge in [-0.1, -0.05) is 6.92 Å². The van der Waals surface area contributed by atoms with E-state index in [1.54, 1.807) is 20.8 Å². The van der Waals surface area contributed by atoms with Crippen LogP contribution in [0, 0.1) is 0 Å². The molecule has 2 atom stereocenters. The predicted molar refractivity (Wildman–Crippen MR) is 82.8 cm³/mol. The molecule has 0 aromatic rings. The SMILES string of the molecule is CCCN(C(=O)OC(C)(C)C)C1(C(=O)O)CC(C)OC(C)C1. The second-order valence-corrected chi connectivity index (χ2v) is 7.13. The van der Waals surface area contributed by atoms with E-state index in [1.165, 1.54) is 4.90 Å². The minimum atomic E-state index is -1.27. The Bertz CT molecular complexity index is 405. The third kappa shape index (κ3) is 4.35. The first-order valence-corrected chi connectivity index (χ1v) is 7.91. The van der Waals surface area contributed by atoms with Gasteiger partial charge in [-0.05, 0) is 41.0 Å². The van der Waals surface area contributed by atoms with E-state index in [-0.39, 0.29) is 25.0 Å². The Morgan fingerprint density at radius 3 is 2.14 bits per heavy atom. The smallest absolute Gasteiger partial charge is 0.411 e. The van der Waals surface area contributed by atoms with Crippen LogP contribution in [0.15, 0.2) is 0 Å². The minimum absolute atomic E-state index is 0.221. The van der Waals surface area contributed by atoms with Crippen molar-refractivity contribution in [3.8, 4) is 0 Å². The summed E-state index contributed by atoms with van der Waals surface area (Å²) in [7, 11) is 0. The van der Waals surface area contributed by atoms with Gasteiger partial charge in [-0.25, -0.2) is 9.59 Å². The highest BCUT2D eigenvalue weighted by Crippen LogP contribution is 2.35. The Balaban J connectivity index is 3.16. The van der Waals surface area contributed by atoms with Gasteiger partial charge in [0.15, 0.2) is 0 Å². The number of amides is 1. The van der Waals surface area contributed by atoms with Crippen molar-refractivity contribution in [3.63, 3.8) is 0 Å². The zero-order valence-electron chi connectivity index (χ0n) is 14.5. The van der Waals surface area contributed by atoms with E-state index < -0.39 is 23.2 Å². The van der Waals surface area contributed by atoms with Gasteiger partial charge in [0.2, 0.25) is 0 Å². The van der Waals surface area contributed by atoms with Crippen LogP contribution in [0.5, 0.6) is 0 Å². The molecule has 0 aliphatic carbocycles. The summed E-state index contributed by atoms with van der Waals surface area (Å²) in [5.74, 6) is -0.992. The van der Waals surface area contributed by atoms with E-state index >= 15 is 0 Å². The maximum atomic E-state index is 12.6. The van der Waals surface area contributed by atoms with Crippen LogP contribution in [0.1, 0.15) is 60.8 Å². The molecule has 0 aromatic heterocycles. The lowest BCUT2D eigenvalue weighted by molar-refractivity contribution is -0.167. The Labute approximate surface area is 132 Å². The van der Waals surface area contributed by atoms with Crippen molar-refractivity contribution in [2.45, 2.75) is 84.2 Å². The second kappa shape index (κ2) is 6.86. The third-order valence-electron chi connectivity index (χ3n) is 3.69. The summed E-state index contributed by atoms with van der Waals surface area (Å²) in [6, 6.07) is 0. The molecular formula is C16H29NO5. The summed E-state index contributed by atoms with van der Waals surface area (Å²) in [6.45, 7) is 11.3. The summed E-state index contributed by atoms with van der Waals surface area (Å²) in [5, 5.41) is 9.86. The van der Waals surface area contributed by atoms with Crippen molar-refractivity contribution < 1.29 is 24.2 Å². The van der Waals surface area contributed by atoms with Crippen LogP contribution < -0.4 is 0 Å². The molecular weight excluding hydrogens is 286 g/mol. The largest absolute Gasteiger partial charge is 0.479 e. The number of rotatable bonds is 4. The van der Waals surface area contributed by atoms with E-state index in [4.69, 9.17) is 9.47 Å². The highest BCUT2D eigenvalue weighted by Gasteiger charge is 2.52. The number of hydrogen-bond donors (Lipinski definition) is 1. The standard InChI is InChI=1S/C16H29NO5/c1-7-8-17(14(20)22-15(4,5)6)16(13(18)19)9-11(2)21-12(3)10-16/h11-12H,7-10H2,1-6H3,(H,18,19). The Morgan fingerprint density at radius 2 is 1.77 bits per heavy atom. The molecule has 6 heteroatoms. The number of carboxylic acid groups (broad SMARTS) is 1. The lowest BCUT2D eigenvalue weighted by atomic mass is 9.82. The molecule has 22 heavy (non-hydrogen) atoms. The van der Waals surface area contributed by atoms with Crippen LogP contribution in [-0.2, 0) is 14.3 Å². The highest BCUT2D eigenvalue weighted by molar-refractivity contribution is 5.85. The van der Waals surface area contributed by atoms with E-state index in [1.807, 2.05) is 20.8 Å². The maximum absolute atomic E-state index is 12.6. The summed E-state index contributed by atoms with van der Waals surface area (Å²) < 4.78 is 11.1. The average molecular weight is 315 g/mol. The third-order valence-corrected chi connectivity index (χ3v) is 3.69. The number of carbonyl (C=O) groups excluding carboxylic acids is 1. The molecule has 1 N–H and O–H groups in total. The zero-order valence-corrected chi connectivity index (χ0v) is 14.5. The van der Waals surface area contributed by atoms with E-state index in [9.17, 15) is 14.7 Å². The Morgan fingerprint density at radius 1 is 1.27 bits per heavy atom. The molecule has 0 radical (unpaired) electrons. The van der Waals surface area contributed by atoms with Gasteiger partial charge >= 0.3 is 12.1 Å². The molecule has 0 aromatic carbocycles. The van der Waals surface area contributed by atoms with Crippen molar-refractivity contribution in [1.82, 2.24) is 4.90 Å². The summed E-state index contributed by atoms with van der Waals surface area (Å²) in [5.41, 5.74) is -1.93. The molecule has 0 saturated carbocycles. The molecule has 1 amide bonds. The van der Waals surface area contributed by atoms with Gasteiger partial charge in [-0.2, -0.15) is 0 Å². The van der Waals surface area contributed by atoms with Crippen LogP contribution in [-0.4, -0.2) is 52.0 Å². The lowest BCUT2D eigenvalue weighted by Gasteiger charge is -2.46. The van der Waals surface area contributed by atoms with Gasteiger partial charge in [0.1, 0.15) is 11.1 Å². The van der Waals surface area contributed by atoms with E-state index in [0.717, 1.165) is 0 Å². The number of hydrogen-bond acceptors (Lipinski definition) is 4. The molecule has 0 spiro atoms. The Kier molecular flexibility index (Phi) is 5.84. The van der Waals surface area contributed by atoms with Crippen LogP contribution in [0.3, 0.4) is 0 Å². The van der Waals surface area contributed by atoms with Crippen molar-refractivity contribution in [3.05, 3.63) is 0 Å². The molecule has 6 nitrogen and oxygen atoms in total. The van der Waals surface area contributed by atoms with Crippen LogP contribution in [0.4, 0.5) is 4.79 Å². The molecule has 1 rings (SSSR count). The van der Waals surface area contributed by atoms with Crippen molar-refractivity contribution >= 4 is 12.1 Å². The van der Waals surface area contributed by atoms with Crippen LogP contribution in [0.25, 0.3) is 0 Å². The molecule has 1 aliphatic heterocycles. The first-order valence-electron chi connectivity index (χ1n) is 7.91. The van der Waals surface area contributed by atoms with Crippen LogP contribution >= 0.6 is 0 Å². The lowest BCUT2D eigenvalue weighted by Crippen LogP contribution is -2.63. The normalized spacial score (nSPS) is 29.0. The summed E-state index contributed by atoms with van der Waals surface area (Å²) in [6.07, 6.45) is 0.191. The quantitative estimate of drug-likeness (QED) is 0.863. The molecule has 0 bridgehead atoms. The second-order valence-electron chi connectivity index (χ2n) is 7.13. The van der Waals surface area contributed by atoms with Gasteiger partial charge in [0, 0.05) is 19.4 Å². The highest BCUT2D eigenvalue weighted by atomic mass is 16.6. The number of nitrogens with zero attached hydrogens (tertiary/aromatic N) is 1. The first-order chi connectivity index (χ1) is 10.0. The summed E-state index contributed by atoms with van der Waals surface area (Å²) >= 11 is 0. The van der Waals surface area contributed by atoms with Crippen molar-refractivity contribution in [2.24, 2.45) is 0 Å². The van der Waals surface area contributed by atoms with Crippen LogP contribution in [0.2, 0.25) is 0 Å². The molecule has 1 heterocycles.